The fraction of sp³-hybridized carbons (Fsp3) is 1.00. The fourth-order valence-corrected chi connectivity index (χ4v) is 2.36. The summed E-state index contributed by atoms with van der Waals surface area (Å²) in [4.78, 5) is 0. The van der Waals surface area contributed by atoms with Crippen molar-refractivity contribution in [1.29, 1.82) is 0 Å². The Morgan fingerprint density at radius 3 is 1.42 bits per heavy atom. The second-order valence-corrected chi connectivity index (χ2v) is 6.00. The van der Waals surface area contributed by atoms with Gasteiger partial charge in [0.15, 0.2) is 0 Å². The summed E-state index contributed by atoms with van der Waals surface area (Å²) in [6.45, 7) is 7.94. The molecule has 0 aliphatic carbocycles. The van der Waals surface area contributed by atoms with E-state index in [-0.39, 0.29) is 8.85 Å². The van der Waals surface area contributed by atoms with Crippen LogP contribution in [0.2, 0.25) is 0 Å². The predicted octanol–water partition coefficient (Wildman–Crippen LogP) is 6.57. The number of nitrogens with one attached hydrogen (secondary N) is 1. The van der Waals surface area contributed by atoms with Crippen molar-refractivity contribution in [3.8, 4) is 0 Å². The molecule has 0 fully saturated rings. The van der Waals surface area contributed by atoms with Gasteiger partial charge in [-0.25, -0.2) is 0 Å². The lowest BCUT2D eigenvalue weighted by Gasteiger charge is -2.07. The largest absolute Gasteiger partial charge is 0.315 e. The molecule has 0 saturated carbocycles. The van der Waals surface area contributed by atoms with E-state index in [2.05, 4.69) is 26.1 Å². The van der Waals surface area contributed by atoms with E-state index in [1.165, 1.54) is 83.6 Å². The van der Waals surface area contributed by atoms with E-state index >= 15 is 0 Å². The van der Waals surface area contributed by atoms with Crippen LogP contribution >= 0.6 is 0 Å². The molecule has 19 heavy (non-hydrogen) atoms. The lowest BCUT2D eigenvalue weighted by molar-refractivity contribution is 0.520. The fourth-order valence-electron chi connectivity index (χ4n) is 2.36. The van der Waals surface area contributed by atoms with E-state index in [0.29, 0.717) is 6.04 Å². The van der Waals surface area contributed by atoms with E-state index in [9.17, 15) is 0 Å². The van der Waals surface area contributed by atoms with Gasteiger partial charge in [-0.2, -0.15) is 0 Å². The Kier molecular flexibility index (Phi) is 20.1. The van der Waals surface area contributed by atoms with E-state index in [4.69, 9.17) is 0 Å². The van der Waals surface area contributed by atoms with Crippen molar-refractivity contribution in [2.45, 2.75) is 111 Å². The Hall–Kier alpha value is -0.0400. The van der Waals surface area contributed by atoms with Crippen molar-refractivity contribution in [2.75, 3.05) is 6.54 Å². The van der Waals surface area contributed by atoms with Crippen molar-refractivity contribution in [2.24, 2.45) is 0 Å². The predicted molar refractivity (Wildman–Crippen MR) is 93.1 cm³/mol. The molecule has 0 aromatic heterocycles. The van der Waals surface area contributed by atoms with Gasteiger partial charge in [-0.05, 0) is 13.0 Å². The van der Waals surface area contributed by atoms with Gasteiger partial charge in [0.1, 0.15) is 0 Å². The summed E-state index contributed by atoms with van der Waals surface area (Å²) >= 11 is 0. The SMILES string of the molecule is C.CCCCCCCCCCCCCCNC(C)C.[HH]. The molecule has 0 aromatic rings. The van der Waals surface area contributed by atoms with Crippen LogP contribution in [0, 0.1) is 0 Å². The molecule has 1 N–H and O–H groups in total. The van der Waals surface area contributed by atoms with E-state index in [1.807, 2.05) is 0 Å². The van der Waals surface area contributed by atoms with Crippen LogP contribution in [0.5, 0.6) is 0 Å². The molecular weight excluding hydrogens is 230 g/mol. The first-order chi connectivity index (χ1) is 8.77. The van der Waals surface area contributed by atoms with Crippen LogP contribution in [-0.4, -0.2) is 12.6 Å². The summed E-state index contributed by atoms with van der Waals surface area (Å²) in [5.41, 5.74) is 0. The van der Waals surface area contributed by atoms with Crippen LogP contribution in [0.3, 0.4) is 0 Å². The molecule has 0 spiro atoms. The lowest BCUT2D eigenvalue weighted by atomic mass is 10.1. The molecule has 120 valence electrons. The molecule has 1 heteroatoms. The summed E-state index contributed by atoms with van der Waals surface area (Å²) in [6.07, 6.45) is 17.3. The molecule has 0 saturated heterocycles. The maximum Gasteiger partial charge on any atom is 0.00103 e. The minimum atomic E-state index is 0. The van der Waals surface area contributed by atoms with Gasteiger partial charge < -0.3 is 5.32 Å². The standard InChI is InChI=1S/C17H37N.CH4.H2/c1-4-5-6-7-8-9-10-11-12-13-14-15-16-18-17(2)3;;/h17-18H,4-16H2,1-3H3;1H4;1H. The molecule has 0 radical (unpaired) electrons. The smallest absolute Gasteiger partial charge is 0.00103 e. The van der Waals surface area contributed by atoms with Crippen LogP contribution in [0.1, 0.15) is 107 Å². The molecule has 0 aliphatic rings. The van der Waals surface area contributed by atoms with Gasteiger partial charge in [0.05, 0.1) is 0 Å². The second kappa shape index (κ2) is 18.0. The number of hydrogen-bond donors (Lipinski definition) is 1. The van der Waals surface area contributed by atoms with Gasteiger partial charge in [0.2, 0.25) is 0 Å². The molecule has 0 heterocycles. The summed E-state index contributed by atoms with van der Waals surface area (Å²) in [6, 6.07) is 0.651. The monoisotopic (exact) mass is 273 g/mol. The third-order valence-corrected chi connectivity index (χ3v) is 3.58. The molecular formula is C18H43N. The summed E-state index contributed by atoms with van der Waals surface area (Å²) in [7, 11) is 0. The summed E-state index contributed by atoms with van der Waals surface area (Å²) in [5, 5.41) is 3.48. The number of hydrogen-bond acceptors (Lipinski definition) is 1. The van der Waals surface area contributed by atoms with Gasteiger partial charge >= 0.3 is 0 Å². The van der Waals surface area contributed by atoms with Crippen LogP contribution in [0.25, 0.3) is 0 Å². The van der Waals surface area contributed by atoms with Gasteiger partial charge in [-0.3, -0.25) is 0 Å². The van der Waals surface area contributed by atoms with Crippen LogP contribution in [-0.2, 0) is 0 Å². The number of rotatable bonds is 14. The molecule has 0 rings (SSSR count). The first-order valence-electron chi connectivity index (χ1n) is 8.50. The Morgan fingerprint density at radius 2 is 1.05 bits per heavy atom. The average Bonchev–Trinajstić information content (AvgIpc) is 2.34. The highest BCUT2D eigenvalue weighted by Gasteiger charge is 1.94. The normalized spacial score (nSPS) is 10.7. The third kappa shape index (κ3) is 20.4. The Balaban J connectivity index is -0.00000144. The van der Waals surface area contributed by atoms with E-state index in [1.54, 1.807) is 0 Å². The summed E-state index contributed by atoms with van der Waals surface area (Å²) < 4.78 is 0. The zero-order valence-electron chi connectivity index (χ0n) is 13.3. The van der Waals surface area contributed by atoms with Gasteiger partial charge in [-0.1, -0.05) is 98.8 Å². The highest BCUT2D eigenvalue weighted by atomic mass is 14.9. The molecule has 0 aliphatic heterocycles. The first-order valence-corrected chi connectivity index (χ1v) is 8.50. The first kappa shape index (κ1) is 21.3. The van der Waals surface area contributed by atoms with Crippen LogP contribution in [0.15, 0.2) is 0 Å². The molecule has 1 nitrogen and oxygen atoms in total. The minimum Gasteiger partial charge on any atom is -0.315 e. The third-order valence-electron chi connectivity index (χ3n) is 3.58. The van der Waals surface area contributed by atoms with Crippen LogP contribution < -0.4 is 5.32 Å². The van der Waals surface area contributed by atoms with Crippen molar-refractivity contribution in [1.82, 2.24) is 5.32 Å². The Morgan fingerprint density at radius 1 is 0.684 bits per heavy atom. The minimum absolute atomic E-state index is 0. The van der Waals surface area contributed by atoms with Crippen molar-refractivity contribution < 1.29 is 1.43 Å². The number of unbranched alkanes of at least 4 members (excludes halogenated alkanes) is 11. The highest BCUT2D eigenvalue weighted by molar-refractivity contribution is 4.53. The summed E-state index contributed by atoms with van der Waals surface area (Å²) in [5.74, 6) is 0. The zero-order chi connectivity index (χ0) is 13.5. The molecule has 0 unspecified atom stereocenters. The lowest BCUT2D eigenvalue weighted by Crippen LogP contribution is -2.23. The maximum absolute atomic E-state index is 3.48. The average molecular weight is 274 g/mol. The van der Waals surface area contributed by atoms with E-state index < -0.39 is 0 Å². The molecule has 0 amide bonds. The second-order valence-electron chi connectivity index (χ2n) is 6.00. The van der Waals surface area contributed by atoms with Gasteiger partial charge in [-0.15, -0.1) is 0 Å². The van der Waals surface area contributed by atoms with Gasteiger partial charge in [0.25, 0.3) is 0 Å². The topological polar surface area (TPSA) is 12.0 Å². The van der Waals surface area contributed by atoms with Crippen LogP contribution in [0.4, 0.5) is 0 Å². The van der Waals surface area contributed by atoms with Gasteiger partial charge in [0, 0.05) is 7.47 Å². The Bertz CT molecular complexity index is 148. The van der Waals surface area contributed by atoms with Crippen molar-refractivity contribution >= 4 is 0 Å². The zero-order valence-corrected chi connectivity index (χ0v) is 13.3. The Labute approximate surface area is 125 Å². The highest BCUT2D eigenvalue weighted by Crippen LogP contribution is 2.11. The van der Waals surface area contributed by atoms with Crippen molar-refractivity contribution in [3.63, 3.8) is 0 Å². The molecule has 0 atom stereocenters. The molecule has 0 aromatic carbocycles. The quantitative estimate of drug-likeness (QED) is 0.353. The molecule has 0 bridgehead atoms. The maximum atomic E-state index is 3.48. The van der Waals surface area contributed by atoms with E-state index in [0.717, 1.165) is 0 Å². The van der Waals surface area contributed by atoms with Crippen molar-refractivity contribution in [3.05, 3.63) is 0 Å².